The average Bonchev–Trinajstić information content (AvgIpc) is 2.80. The summed E-state index contributed by atoms with van der Waals surface area (Å²) in [6.45, 7) is 3.36. The molecule has 0 unspecified atom stereocenters. The van der Waals surface area contributed by atoms with Crippen LogP contribution in [0, 0.1) is 23.2 Å². The molecule has 1 aromatic carbocycles. The van der Waals surface area contributed by atoms with Gasteiger partial charge in [0.25, 0.3) is 5.56 Å². The van der Waals surface area contributed by atoms with Crippen LogP contribution in [-0.4, -0.2) is 39.8 Å². The maximum absolute atomic E-state index is 13.1. The first-order valence-corrected chi connectivity index (χ1v) is 13.5. The molecule has 0 aliphatic heterocycles. The molecule has 4 aliphatic carbocycles. The molecule has 2 amide bonds. The molecular weight excluding hydrogens is 464 g/mol. The third-order valence-corrected chi connectivity index (χ3v) is 8.51. The zero-order valence-electron chi connectivity index (χ0n) is 20.4. The van der Waals surface area contributed by atoms with Crippen molar-refractivity contribution >= 4 is 34.3 Å². The van der Waals surface area contributed by atoms with Gasteiger partial charge in [-0.3, -0.25) is 14.4 Å². The van der Waals surface area contributed by atoms with Crippen LogP contribution in [0.1, 0.15) is 70.5 Å². The highest BCUT2D eigenvalue weighted by molar-refractivity contribution is 6.31. The molecule has 35 heavy (non-hydrogen) atoms. The standard InChI is InChI=1S/C27H35ClN4O3/c1-2-8-32(16-23-30-22-12-20(28)5-6-21(22)25(34)31-23)24(33)4-3-7-29-26(35)27-13-17-9-18(14-27)11-19(10-17)15-27/h5-6,12,17-19H,2-4,7-11,13-16H2,1H3,(H,29,35)(H,30,31,34). The summed E-state index contributed by atoms with van der Waals surface area (Å²) in [5.74, 6) is 2.88. The van der Waals surface area contributed by atoms with Gasteiger partial charge < -0.3 is 15.2 Å². The topological polar surface area (TPSA) is 95.2 Å². The van der Waals surface area contributed by atoms with Crippen LogP contribution in [0.4, 0.5) is 0 Å². The Morgan fingerprint density at radius 2 is 1.86 bits per heavy atom. The van der Waals surface area contributed by atoms with Gasteiger partial charge in [0.05, 0.1) is 17.4 Å². The lowest BCUT2D eigenvalue weighted by Crippen LogP contribution is -2.53. The van der Waals surface area contributed by atoms with Crippen molar-refractivity contribution in [2.45, 2.75) is 71.3 Å². The van der Waals surface area contributed by atoms with Crippen molar-refractivity contribution < 1.29 is 9.59 Å². The van der Waals surface area contributed by atoms with E-state index in [1.54, 1.807) is 23.1 Å². The summed E-state index contributed by atoms with van der Waals surface area (Å²) < 4.78 is 0. The largest absolute Gasteiger partial charge is 0.356 e. The molecule has 6 rings (SSSR count). The summed E-state index contributed by atoms with van der Waals surface area (Å²) in [7, 11) is 0. The zero-order chi connectivity index (χ0) is 24.6. The fraction of sp³-hybridized carbons (Fsp3) is 0.630. The maximum atomic E-state index is 13.1. The van der Waals surface area contributed by atoms with E-state index in [4.69, 9.17) is 11.6 Å². The van der Waals surface area contributed by atoms with Crippen LogP contribution in [0.5, 0.6) is 0 Å². The lowest BCUT2D eigenvalue weighted by molar-refractivity contribution is -0.146. The van der Waals surface area contributed by atoms with Gasteiger partial charge in [0, 0.05) is 29.9 Å². The van der Waals surface area contributed by atoms with E-state index in [1.165, 1.54) is 19.3 Å². The van der Waals surface area contributed by atoms with Gasteiger partial charge in [-0.1, -0.05) is 18.5 Å². The number of aromatic nitrogens is 2. The molecule has 188 valence electrons. The van der Waals surface area contributed by atoms with Gasteiger partial charge >= 0.3 is 0 Å². The van der Waals surface area contributed by atoms with Gasteiger partial charge in [-0.25, -0.2) is 4.98 Å². The van der Waals surface area contributed by atoms with Crippen LogP contribution in [0.3, 0.4) is 0 Å². The van der Waals surface area contributed by atoms with Crippen molar-refractivity contribution in [3.8, 4) is 0 Å². The minimum absolute atomic E-state index is 0.00439. The molecular formula is C27H35ClN4O3. The SMILES string of the molecule is CCCN(Cc1nc2cc(Cl)ccc2c(=O)[nH]1)C(=O)CCCNC(=O)C12CC3CC(CC(C3)C1)C2. The van der Waals surface area contributed by atoms with Crippen molar-refractivity contribution in [2.24, 2.45) is 23.2 Å². The Labute approximate surface area is 211 Å². The number of H-pyrrole nitrogens is 1. The Morgan fingerprint density at radius 1 is 1.17 bits per heavy atom. The minimum atomic E-state index is -0.238. The van der Waals surface area contributed by atoms with Gasteiger partial charge in [-0.15, -0.1) is 0 Å². The molecule has 0 saturated heterocycles. The number of carbonyl (C=O) groups is 2. The Balaban J connectivity index is 1.15. The molecule has 1 aromatic heterocycles. The first-order chi connectivity index (χ1) is 16.8. The average molecular weight is 499 g/mol. The third-order valence-electron chi connectivity index (χ3n) is 8.28. The van der Waals surface area contributed by atoms with Gasteiger partial charge in [-0.05, 0) is 87.3 Å². The van der Waals surface area contributed by atoms with Crippen molar-refractivity contribution in [3.05, 3.63) is 39.4 Å². The molecule has 8 heteroatoms. The third kappa shape index (κ3) is 5.11. The molecule has 4 aliphatic rings. The lowest BCUT2D eigenvalue weighted by Gasteiger charge is -2.55. The van der Waals surface area contributed by atoms with E-state index in [-0.39, 0.29) is 29.3 Å². The summed E-state index contributed by atoms with van der Waals surface area (Å²) >= 11 is 6.06. The summed E-state index contributed by atoms with van der Waals surface area (Å²) in [6.07, 6.45) is 8.87. The molecule has 2 N–H and O–H groups in total. The quantitative estimate of drug-likeness (QED) is 0.500. The molecule has 7 nitrogen and oxygen atoms in total. The lowest BCUT2D eigenvalue weighted by atomic mass is 9.49. The van der Waals surface area contributed by atoms with Gasteiger partial charge in [0.2, 0.25) is 11.8 Å². The molecule has 0 atom stereocenters. The second kappa shape index (κ2) is 9.92. The fourth-order valence-corrected chi connectivity index (χ4v) is 7.32. The molecule has 0 spiro atoms. The summed E-state index contributed by atoms with van der Waals surface area (Å²) in [4.78, 5) is 47.6. The predicted molar refractivity (Wildman–Crippen MR) is 136 cm³/mol. The highest BCUT2D eigenvalue weighted by Crippen LogP contribution is 2.60. The molecule has 0 radical (unpaired) electrons. The zero-order valence-corrected chi connectivity index (χ0v) is 21.2. The number of hydrogen-bond acceptors (Lipinski definition) is 4. The first-order valence-electron chi connectivity index (χ1n) is 13.1. The summed E-state index contributed by atoms with van der Waals surface area (Å²) in [5.41, 5.74) is 0.134. The number of nitrogens with zero attached hydrogens (tertiary/aromatic N) is 2. The van der Waals surface area contributed by atoms with Crippen LogP contribution < -0.4 is 10.9 Å². The van der Waals surface area contributed by atoms with Crippen LogP contribution in [-0.2, 0) is 16.1 Å². The molecule has 4 saturated carbocycles. The number of aromatic amines is 1. The number of benzene rings is 1. The normalized spacial score (nSPS) is 26.7. The number of amides is 2. The molecule has 2 aromatic rings. The Kier molecular flexibility index (Phi) is 6.88. The number of nitrogens with one attached hydrogen (secondary N) is 2. The van der Waals surface area contributed by atoms with Crippen LogP contribution >= 0.6 is 11.6 Å². The van der Waals surface area contributed by atoms with E-state index in [2.05, 4.69) is 15.3 Å². The van der Waals surface area contributed by atoms with Crippen molar-refractivity contribution in [1.82, 2.24) is 20.2 Å². The van der Waals surface area contributed by atoms with Gasteiger partial charge in [0.15, 0.2) is 0 Å². The molecule has 1 heterocycles. The minimum Gasteiger partial charge on any atom is -0.356 e. The van der Waals surface area contributed by atoms with E-state index in [1.807, 2.05) is 6.92 Å². The number of carbonyl (C=O) groups excluding carboxylic acids is 2. The molecule has 4 fully saturated rings. The van der Waals surface area contributed by atoms with E-state index in [9.17, 15) is 14.4 Å². The van der Waals surface area contributed by atoms with E-state index in [0.717, 1.165) is 43.4 Å². The first kappa shape index (κ1) is 24.3. The number of rotatable bonds is 9. The Hall–Kier alpha value is -2.41. The molecule has 4 bridgehead atoms. The smallest absolute Gasteiger partial charge is 0.258 e. The highest BCUT2D eigenvalue weighted by atomic mass is 35.5. The second-order valence-electron chi connectivity index (χ2n) is 11.0. The maximum Gasteiger partial charge on any atom is 0.258 e. The van der Waals surface area contributed by atoms with Crippen molar-refractivity contribution in [3.63, 3.8) is 0 Å². The number of hydrogen-bond donors (Lipinski definition) is 2. The van der Waals surface area contributed by atoms with E-state index < -0.39 is 0 Å². The predicted octanol–water partition coefficient (Wildman–Crippen LogP) is 4.43. The van der Waals surface area contributed by atoms with Crippen molar-refractivity contribution in [2.75, 3.05) is 13.1 Å². The van der Waals surface area contributed by atoms with E-state index >= 15 is 0 Å². The fourth-order valence-electron chi connectivity index (χ4n) is 7.15. The monoisotopic (exact) mass is 498 g/mol. The Bertz CT molecular complexity index is 1140. The van der Waals surface area contributed by atoms with E-state index in [0.29, 0.717) is 47.7 Å². The number of fused-ring (bicyclic) bond motifs is 1. The van der Waals surface area contributed by atoms with Crippen LogP contribution in [0.2, 0.25) is 5.02 Å². The van der Waals surface area contributed by atoms with Gasteiger partial charge in [0.1, 0.15) is 5.82 Å². The van der Waals surface area contributed by atoms with Crippen LogP contribution in [0.15, 0.2) is 23.0 Å². The van der Waals surface area contributed by atoms with Crippen molar-refractivity contribution in [1.29, 1.82) is 0 Å². The number of halogens is 1. The second-order valence-corrected chi connectivity index (χ2v) is 11.5. The highest BCUT2D eigenvalue weighted by Gasteiger charge is 2.54. The summed E-state index contributed by atoms with van der Waals surface area (Å²) in [6, 6.07) is 4.98. The van der Waals surface area contributed by atoms with Gasteiger partial charge in [-0.2, -0.15) is 0 Å². The van der Waals surface area contributed by atoms with Crippen LogP contribution in [0.25, 0.3) is 10.9 Å². The Morgan fingerprint density at radius 3 is 2.51 bits per heavy atom. The summed E-state index contributed by atoms with van der Waals surface area (Å²) in [5, 5.41) is 4.15.